The van der Waals surface area contributed by atoms with E-state index < -0.39 is 0 Å². The number of hydrogen-bond acceptors (Lipinski definition) is 3. The highest BCUT2D eigenvalue weighted by molar-refractivity contribution is 5.81. The van der Waals surface area contributed by atoms with Crippen LogP contribution in [0.4, 0.5) is 0 Å². The summed E-state index contributed by atoms with van der Waals surface area (Å²) in [7, 11) is 1.87. The number of carbonyl (C=O) groups excluding carboxylic acids is 1. The molecule has 1 aliphatic heterocycles. The number of nitrogens with one attached hydrogen (secondary N) is 1. The average Bonchev–Trinajstić information content (AvgIpc) is 2.66. The lowest BCUT2D eigenvalue weighted by molar-refractivity contribution is -0.133. The van der Waals surface area contributed by atoms with Gasteiger partial charge in [0.1, 0.15) is 0 Å². The molecule has 2 fully saturated rings. The molecule has 15 heavy (non-hydrogen) atoms. The summed E-state index contributed by atoms with van der Waals surface area (Å²) in [6, 6.07) is 0.0417. The van der Waals surface area contributed by atoms with Crippen LogP contribution in [-0.4, -0.2) is 48.2 Å². The van der Waals surface area contributed by atoms with Gasteiger partial charge in [-0.2, -0.15) is 0 Å². The summed E-state index contributed by atoms with van der Waals surface area (Å²) < 4.78 is 0. The minimum absolute atomic E-state index is 0.0417. The van der Waals surface area contributed by atoms with Gasteiger partial charge < -0.3 is 15.3 Å². The molecular weight excluding hydrogens is 192 g/mol. The lowest BCUT2D eigenvalue weighted by Crippen LogP contribution is -2.45. The molecule has 2 rings (SSSR count). The number of aliphatic hydroxyl groups excluding tert-OH is 1. The van der Waals surface area contributed by atoms with Gasteiger partial charge >= 0.3 is 0 Å². The van der Waals surface area contributed by atoms with Gasteiger partial charge in [-0.15, -0.1) is 0 Å². The lowest BCUT2D eigenvalue weighted by Gasteiger charge is -2.35. The van der Waals surface area contributed by atoms with Crippen molar-refractivity contribution in [2.24, 2.45) is 5.92 Å². The van der Waals surface area contributed by atoms with Gasteiger partial charge in [-0.05, 0) is 38.1 Å². The quantitative estimate of drug-likeness (QED) is 0.690. The molecule has 0 bridgehead atoms. The van der Waals surface area contributed by atoms with Gasteiger partial charge in [-0.25, -0.2) is 0 Å². The van der Waals surface area contributed by atoms with Crippen molar-refractivity contribution in [1.29, 1.82) is 0 Å². The minimum atomic E-state index is -0.122. The highest BCUT2D eigenvalue weighted by Gasteiger charge is 2.31. The zero-order valence-electron chi connectivity index (χ0n) is 9.28. The molecule has 1 unspecified atom stereocenters. The zero-order chi connectivity index (χ0) is 10.8. The van der Waals surface area contributed by atoms with E-state index in [1.807, 2.05) is 11.9 Å². The van der Waals surface area contributed by atoms with E-state index in [9.17, 15) is 4.79 Å². The van der Waals surface area contributed by atoms with Crippen LogP contribution in [0.3, 0.4) is 0 Å². The first kappa shape index (κ1) is 10.9. The van der Waals surface area contributed by atoms with Gasteiger partial charge in [0.15, 0.2) is 0 Å². The van der Waals surface area contributed by atoms with Crippen LogP contribution in [0.25, 0.3) is 0 Å². The maximum absolute atomic E-state index is 11.9. The zero-order valence-corrected chi connectivity index (χ0v) is 9.28. The van der Waals surface area contributed by atoms with Gasteiger partial charge in [-0.1, -0.05) is 0 Å². The Hall–Kier alpha value is -0.610. The van der Waals surface area contributed by atoms with E-state index in [4.69, 9.17) is 5.11 Å². The maximum Gasteiger partial charge on any atom is 0.239 e. The standard InChI is InChI=1S/C11H20N2O2/c1-13(7-8-5-9(14)6-8)11(15)10-3-2-4-12-10/h8-10,12,14H,2-7H2,1H3. The van der Waals surface area contributed by atoms with E-state index in [0.717, 1.165) is 38.8 Å². The van der Waals surface area contributed by atoms with Crippen LogP contribution in [0.15, 0.2) is 0 Å². The van der Waals surface area contributed by atoms with Crippen molar-refractivity contribution in [1.82, 2.24) is 10.2 Å². The fourth-order valence-corrected chi connectivity index (χ4v) is 2.49. The summed E-state index contributed by atoms with van der Waals surface area (Å²) in [6.07, 6.45) is 3.66. The van der Waals surface area contributed by atoms with Crippen molar-refractivity contribution >= 4 is 5.91 Å². The first-order valence-corrected chi connectivity index (χ1v) is 5.83. The van der Waals surface area contributed by atoms with Crippen LogP contribution in [-0.2, 0) is 4.79 Å². The van der Waals surface area contributed by atoms with E-state index in [1.54, 1.807) is 0 Å². The Morgan fingerprint density at radius 1 is 1.53 bits per heavy atom. The van der Waals surface area contributed by atoms with E-state index >= 15 is 0 Å². The number of rotatable bonds is 3. The molecule has 4 heteroatoms. The number of aliphatic hydroxyl groups is 1. The number of hydrogen-bond donors (Lipinski definition) is 2. The SMILES string of the molecule is CN(CC1CC(O)C1)C(=O)C1CCCN1. The van der Waals surface area contributed by atoms with E-state index in [2.05, 4.69) is 5.32 Å². The largest absolute Gasteiger partial charge is 0.393 e. The molecule has 2 N–H and O–H groups in total. The van der Waals surface area contributed by atoms with Crippen molar-refractivity contribution in [2.75, 3.05) is 20.1 Å². The monoisotopic (exact) mass is 212 g/mol. The lowest BCUT2D eigenvalue weighted by atomic mass is 9.82. The van der Waals surface area contributed by atoms with Crippen LogP contribution in [0.2, 0.25) is 0 Å². The predicted octanol–water partition coefficient (Wildman–Crippen LogP) is -0.0323. The molecule has 1 amide bonds. The summed E-state index contributed by atoms with van der Waals surface area (Å²) in [4.78, 5) is 13.7. The molecule has 1 atom stereocenters. The molecule has 86 valence electrons. The van der Waals surface area contributed by atoms with E-state index in [1.165, 1.54) is 0 Å². The molecule has 0 aromatic rings. The highest BCUT2D eigenvalue weighted by Crippen LogP contribution is 2.27. The second kappa shape index (κ2) is 4.49. The second-order valence-corrected chi connectivity index (χ2v) is 4.86. The van der Waals surface area contributed by atoms with Crippen LogP contribution in [0.5, 0.6) is 0 Å². The van der Waals surface area contributed by atoms with Gasteiger partial charge in [0.2, 0.25) is 5.91 Å². The highest BCUT2D eigenvalue weighted by atomic mass is 16.3. The molecule has 0 aromatic carbocycles. The average molecular weight is 212 g/mol. The Balaban J connectivity index is 1.74. The molecule has 0 aromatic heterocycles. The topological polar surface area (TPSA) is 52.6 Å². The molecular formula is C11H20N2O2. The van der Waals surface area contributed by atoms with Gasteiger partial charge in [0.05, 0.1) is 12.1 Å². The fourth-order valence-electron chi connectivity index (χ4n) is 2.49. The normalized spacial score (nSPS) is 34.9. The van der Waals surface area contributed by atoms with E-state index in [-0.39, 0.29) is 18.1 Å². The van der Waals surface area contributed by atoms with Crippen molar-refractivity contribution < 1.29 is 9.90 Å². The van der Waals surface area contributed by atoms with Crippen molar-refractivity contribution in [3.8, 4) is 0 Å². The first-order chi connectivity index (χ1) is 7.16. The Labute approximate surface area is 90.6 Å². The molecule has 1 saturated carbocycles. The molecule has 1 saturated heterocycles. The second-order valence-electron chi connectivity index (χ2n) is 4.86. The number of likely N-dealkylation sites (N-methyl/N-ethyl adjacent to an activating group) is 1. The third-order valence-electron chi connectivity index (χ3n) is 3.48. The third kappa shape index (κ3) is 2.49. The molecule has 4 nitrogen and oxygen atoms in total. The summed E-state index contributed by atoms with van der Waals surface area (Å²) in [5.41, 5.74) is 0. The Kier molecular flexibility index (Phi) is 3.26. The number of carbonyl (C=O) groups is 1. The Morgan fingerprint density at radius 2 is 2.27 bits per heavy atom. The third-order valence-corrected chi connectivity index (χ3v) is 3.48. The van der Waals surface area contributed by atoms with Gasteiger partial charge in [0.25, 0.3) is 0 Å². The maximum atomic E-state index is 11.9. The summed E-state index contributed by atoms with van der Waals surface area (Å²) in [5, 5.41) is 12.4. The number of nitrogens with zero attached hydrogens (tertiary/aromatic N) is 1. The fraction of sp³-hybridized carbons (Fsp3) is 0.909. The van der Waals surface area contributed by atoms with Crippen LogP contribution >= 0.6 is 0 Å². The Morgan fingerprint density at radius 3 is 2.80 bits per heavy atom. The molecule has 1 heterocycles. The molecule has 1 aliphatic carbocycles. The molecule has 2 aliphatic rings. The van der Waals surface area contributed by atoms with Crippen molar-refractivity contribution in [2.45, 2.75) is 37.8 Å². The van der Waals surface area contributed by atoms with Crippen LogP contribution in [0, 0.1) is 5.92 Å². The smallest absolute Gasteiger partial charge is 0.239 e. The van der Waals surface area contributed by atoms with Gasteiger partial charge in [0, 0.05) is 13.6 Å². The predicted molar refractivity (Wildman–Crippen MR) is 57.4 cm³/mol. The van der Waals surface area contributed by atoms with Crippen LogP contribution in [0.1, 0.15) is 25.7 Å². The van der Waals surface area contributed by atoms with Crippen molar-refractivity contribution in [3.63, 3.8) is 0 Å². The summed E-state index contributed by atoms with van der Waals surface area (Å²) in [6.45, 7) is 1.76. The Bertz CT molecular complexity index is 233. The van der Waals surface area contributed by atoms with Crippen LogP contribution < -0.4 is 5.32 Å². The summed E-state index contributed by atoms with van der Waals surface area (Å²) >= 11 is 0. The molecule has 0 spiro atoms. The van der Waals surface area contributed by atoms with Gasteiger partial charge in [-0.3, -0.25) is 4.79 Å². The van der Waals surface area contributed by atoms with E-state index in [0.29, 0.717) is 5.92 Å². The molecule has 0 radical (unpaired) electrons. The minimum Gasteiger partial charge on any atom is -0.393 e. The van der Waals surface area contributed by atoms with Crippen molar-refractivity contribution in [3.05, 3.63) is 0 Å². The number of amides is 1. The first-order valence-electron chi connectivity index (χ1n) is 5.83. The summed E-state index contributed by atoms with van der Waals surface area (Å²) in [5.74, 6) is 0.726.